The molecule has 46 heavy (non-hydrogen) atoms. The average Bonchev–Trinajstić information content (AvgIpc) is 3.03. The Labute approximate surface area is 265 Å². The van der Waals surface area contributed by atoms with E-state index in [2.05, 4.69) is 10.6 Å². The van der Waals surface area contributed by atoms with Crippen molar-refractivity contribution in [3.8, 4) is 11.5 Å². The van der Waals surface area contributed by atoms with E-state index in [1.165, 1.54) is 81.5 Å². The third-order valence-corrected chi connectivity index (χ3v) is 9.88. The third-order valence-electron chi connectivity index (χ3n) is 9.88. The Kier molecular flexibility index (Phi) is 7.58. The molecule has 4 bridgehead atoms. The molecule has 5 amide bonds. The minimum atomic E-state index is -0.848. The standard InChI is InChI=1S/C36H34FN3O6/c1-45-30-4-2-3-24(32(30)46-20-31(41)38-27-9-7-26(37)8-10-27)16-29-33(42)39-35(44)40(34(29)43)28-11-5-25(6-12-28)36-17-21-13-22(18-36)15-23(14-21)19-36/h2-12,16,21-23H,13-15,17-20H2,1H3,(H,38,41)(H,39,42,44)/b29-16+. The molecular weight excluding hydrogens is 589 g/mol. The van der Waals surface area contributed by atoms with Crippen molar-refractivity contribution in [2.45, 2.75) is 43.9 Å². The largest absolute Gasteiger partial charge is 0.493 e. The van der Waals surface area contributed by atoms with Crippen molar-refractivity contribution in [2.75, 3.05) is 23.9 Å². The summed E-state index contributed by atoms with van der Waals surface area (Å²) >= 11 is 0. The zero-order valence-corrected chi connectivity index (χ0v) is 25.4. The monoisotopic (exact) mass is 623 g/mol. The Morgan fingerprint density at radius 1 is 0.957 bits per heavy atom. The van der Waals surface area contributed by atoms with Gasteiger partial charge in [0.15, 0.2) is 18.1 Å². The maximum Gasteiger partial charge on any atom is 0.335 e. The summed E-state index contributed by atoms with van der Waals surface area (Å²) in [5.41, 5.74) is 2.19. The van der Waals surface area contributed by atoms with Gasteiger partial charge in [0.25, 0.3) is 17.7 Å². The Hall–Kier alpha value is -4.99. The van der Waals surface area contributed by atoms with Gasteiger partial charge in [0.2, 0.25) is 0 Å². The number of benzene rings is 3. The van der Waals surface area contributed by atoms with E-state index in [0.717, 1.165) is 22.7 Å². The predicted octanol–water partition coefficient (Wildman–Crippen LogP) is 5.99. The van der Waals surface area contributed by atoms with E-state index in [1.807, 2.05) is 12.1 Å². The maximum atomic E-state index is 13.7. The first kappa shape index (κ1) is 29.7. The fraction of sp³-hybridized carbons (Fsp3) is 0.333. The third kappa shape index (κ3) is 5.52. The lowest BCUT2D eigenvalue weighted by atomic mass is 9.48. The van der Waals surface area contributed by atoms with Gasteiger partial charge in [-0.3, -0.25) is 19.7 Å². The van der Waals surface area contributed by atoms with Gasteiger partial charge < -0.3 is 14.8 Å². The van der Waals surface area contributed by atoms with Crippen LogP contribution in [0.1, 0.15) is 49.7 Å². The van der Waals surface area contributed by atoms with Crippen LogP contribution < -0.4 is 25.0 Å². The van der Waals surface area contributed by atoms with Crippen LogP contribution in [-0.4, -0.2) is 37.5 Å². The zero-order valence-electron chi connectivity index (χ0n) is 25.4. The van der Waals surface area contributed by atoms with Crippen LogP contribution in [0.3, 0.4) is 0 Å². The van der Waals surface area contributed by atoms with Crippen LogP contribution in [0.5, 0.6) is 11.5 Å². The molecule has 0 aromatic heterocycles. The quantitative estimate of drug-likeness (QED) is 0.236. The zero-order chi connectivity index (χ0) is 32.0. The molecule has 1 heterocycles. The second kappa shape index (κ2) is 11.7. The van der Waals surface area contributed by atoms with Gasteiger partial charge in [-0.25, -0.2) is 14.1 Å². The Morgan fingerprint density at radius 3 is 2.24 bits per heavy atom. The van der Waals surface area contributed by atoms with E-state index in [9.17, 15) is 23.6 Å². The number of nitrogens with zero attached hydrogens (tertiary/aromatic N) is 1. The van der Waals surface area contributed by atoms with Gasteiger partial charge in [-0.1, -0.05) is 24.3 Å². The van der Waals surface area contributed by atoms with Gasteiger partial charge in [-0.05, 0) is 116 Å². The van der Waals surface area contributed by atoms with E-state index in [0.29, 0.717) is 16.9 Å². The number of barbiturate groups is 1. The van der Waals surface area contributed by atoms with Crippen molar-refractivity contribution in [1.82, 2.24) is 5.32 Å². The number of para-hydroxylation sites is 1. The molecular formula is C36H34FN3O6. The van der Waals surface area contributed by atoms with Gasteiger partial charge in [-0.15, -0.1) is 0 Å². The van der Waals surface area contributed by atoms with Crippen LogP contribution in [0.2, 0.25) is 0 Å². The smallest absolute Gasteiger partial charge is 0.335 e. The highest BCUT2D eigenvalue weighted by Gasteiger charge is 2.51. The SMILES string of the molecule is COc1cccc(/C=C2\C(=O)NC(=O)N(c3ccc(C45CC6CC(CC(C6)C4)C5)cc3)C2=O)c1OCC(=O)Nc1ccc(F)cc1. The maximum absolute atomic E-state index is 13.7. The van der Waals surface area contributed by atoms with E-state index in [1.54, 1.807) is 30.3 Å². The number of hydrogen-bond acceptors (Lipinski definition) is 6. The molecule has 4 saturated carbocycles. The normalized spacial score (nSPS) is 25.9. The summed E-state index contributed by atoms with van der Waals surface area (Å²) in [5, 5.41) is 4.89. The molecule has 3 aromatic rings. The highest BCUT2D eigenvalue weighted by molar-refractivity contribution is 6.39. The first-order valence-corrected chi connectivity index (χ1v) is 15.6. The van der Waals surface area contributed by atoms with Crippen LogP contribution in [-0.2, 0) is 19.8 Å². The first-order chi connectivity index (χ1) is 22.2. The molecule has 0 radical (unpaired) electrons. The molecule has 0 spiro atoms. The number of imide groups is 2. The van der Waals surface area contributed by atoms with E-state index in [4.69, 9.17) is 9.47 Å². The Bertz CT molecular complexity index is 1710. The number of halogens is 1. The van der Waals surface area contributed by atoms with Crippen LogP contribution in [0.25, 0.3) is 6.08 Å². The van der Waals surface area contributed by atoms with Gasteiger partial charge in [0.1, 0.15) is 11.4 Å². The van der Waals surface area contributed by atoms with Crippen molar-refractivity contribution in [3.05, 3.63) is 89.2 Å². The summed E-state index contributed by atoms with van der Waals surface area (Å²) in [6.45, 7) is -0.436. The molecule has 8 rings (SSSR count). The van der Waals surface area contributed by atoms with Crippen LogP contribution >= 0.6 is 0 Å². The van der Waals surface area contributed by atoms with E-state index >= 15 is 0 Å². The van der Waals surface area contributed by atoms with Crippen LogP contribution in [0.4, 0.5) is 20.6 Å². The molecule has 5 fully saturated rings. The van der Waals surface area contributed by atoms with Crippen LogP contribution in [0, 0.1) is 23.6 Å². The Morgan fingerprint density at radius 2 is 1.61 bits per heavy atom. The number of amides is 5. The van der Waals surface area contributed by atoms with Crippen molar-refractivity contribution in [2.24, 2.45) is 17.8 Å². The average molecular weight is 624 g/mol. The highest BCUT2D eigenvalue weighted by Crippen LogP contribution is 2.60. The number of anilines is 2. The van der Waals surface area contributed by atoms with Gasteiger partial charge in [-0.2, -0.15) is 0 Å². The molecule has 2 N–H and O–H groups in total. The van der Waals surface area contributed by atoms with Gasteiger partial charge in [0, 0.05) is 11.3 Å². The molecule has 236 valence electrons. The summed E-state index contributed by atoms with van der Waals surface area (Å²) in [4.78, 5) is 53.2. The molecule has 10 heteroatoms. The molecule has 3 aromatic carbocycles. The van der Waals surface area contributed by atoms with Crippen molar-refractivity contribution < 1.29 is 33.0 Å². The summed E-state index contributed by atoms with van der Waals surface area (Å²) in [6, 6.07) is 17.0. The number of nitrogens with one attached hydrogen (secondary N) is 2. The molecule has 4 aliphatic carbocycles. The van der Waals surface area contributed by atoms with Gasteiger partial charge >= 0.3 is 6.03 Å². The van der Waals surface area contributed by atoms with E-state index < -0.39 is 36.2 Å². The van der Waals surface area contributed by atoms with Crippen LogP contribution in [0.15, 0.2) is 72.3 Å². The number of carbonyl (C=O) groups is 4. The number of urea groups is 1. The number of hydrogen-bond donors (Lipinski definition) is 2. The minimum absolute atomic E-state index is 0.121. The first-order valence-electron chi connectivity index (χ1n) is 15.6. The predicted molar refractivity (Wildman–Crippen MR) is 169 cm³/mol. The van der Waals surface area contributed by atoms with E-state index in [-0.39, 0.29) is 22.5 Å². The van der Waals surface area contributed by atoms with Crippen molar-refractivity contribution in [1.29, 1.82) is 0 Å². The minimum Gasteiger partial charge on any atom is -0.493 e. The molecule has 0 unspecified atom stereocenters. The summed E-state index contributed by atoms with van der Waals surface area (Å²) in [6.07, 6.45) is 8.92. The summed E-state index contributed by atoms with van der Waals surface area (Å²) < 4.78 is 24.4. The molecule has 0 atom stereocenters. The molecule has 1 aliphatic heterocycles. The van der Waals surface area contributed by atoms with Crippen molar-refractivity contribution in [3.63, 3.8) is 0 Å². The number of methoxy groups -OCH3 is 1. The lowest BCUT2D eigenvalue weighted by Crippen LogP contribution is -2.54. The number of rotatable bonds is 8. The topological polar surface area (TPSA) is 114 Å². The second-order valence-corrected chi connectivity index (χ2v) is 12.9. The fourth-order valence-electron chi connectivity index (χ4n) is 8.31. The number of carbonyl (C=O) groups excluding carboxylic acids is 4. The molecule has 1 saturated heterocycles. The lowest BCUT2D eigenvalue weighted by Gasteiger charge is -2.57. The highest BCUT2D eigenvalue weighted by atomic mass is 19.1. The summed E-state index contributed by atoms with van der Waals surface area (Å²) in [7, 11) is 1.42. The summed E-state index contributed by atoms with van der Waals surface area (Å²) in [5.74, 6) is 0.166. The second-order valence-electron chi connectivity index (χ2n) is 12.9. The Balaban J connectivity index is 1.12. The van der Waals surface area contributed by atoms with Gasteiger partial charge in [0.05, 0.1) is 12.8 Å². The number of ether oxygens (including phenoxy) is 2. The van der Waals surface area contributed by atoms with Crippen molar-refractivity contribution >= 4 is 41.2 Å². The lowest BCUT2D eigenvalue weighted by molar-refractivity contribution is -0.122. The molecule has 5 aliphatic rings. The molecule has 9 nitrogen and oxygen atoms in total. The fourth-order valence-corrected chi connectivity index (χ4v) is 8.31.